The molecule has 0 aliphatic heterocycles. The number of carbonyl (C=O) groups excluding carboxylic acids is 1. The highest BCUT2D eigenvalue weighted by Gasteiger charge is 2.18. The third kappa shape index (κ3) is 3.56. The Labute approximate surface area is 98.0 Å². The molecule has 0 bridgehead atoms. The maximum absolute atomic E-state index is 11.6. The molecule has 1 amide bonds. The predicted molar refractivity (Wildman–Crippen MR) is 59.5 cm³/mol. The van der Waals surface area contributed by atoms with E-state index >= 15 is 0 Å². The fraction of sp³-hybridized carbons (Fsp3) is 0.500. The third-order valence-corrected chi connectivity index (χ3v) is 2.40. The van der Waals surface area contributed by atoms with Crippen LogP contribution in [0.1, 0.15) is 24.1 Å². The number of anilines is 1. The number of carbonyl (C=O) groups is 2. The second-order valence-corrected chi connectivity index (χ2v) is 3.75. The van der Waals surface area contributed by atoms with Gasteiger partial charge in [-0.2, -0.15) is 0 Å². The second kappa shape index (κ2) is 5.44. The van der Waals surface area contributed by atoms with Crippen LogP contribution in [0.2, 0.25) is 0 Å². The number of amides is 1. The second-order valence-electron chi connectivity index (χ2n) is 3.75. The first-order valence-electron chi connectivity index (χ1n) is 5.13. The molecule has 1 rings (SSSR count). The number of aliphatic carboxylic acids is 1. The summed E-state index contributed by atoms with van der Waals surface area (Å²) in [4.78, 5) is 21.9. The molecule has 1 unspecified atom stereocenters. The van der Waals surface area contributed by atoms with Crippen LogP contribution in [0.5, 0.6) is 0 Å². The van der Waals surface area contributed by atoms with Crippen molar-refractivity contribution in [1.82, 2.24) is 5.16 Å². The van der Waals surface area contributed by atoms with Crippen molar-refractivity contribution in [3.8, 4) is 0 Å². The fourth-order valence-corrected chi connectivity index (χ4v) is 1.15. The molecule has 0 fully saturated rings. The van der Waals surface area contributed by atoms with Crippen LogP contribution < -0.4 is 11.1 Å². The molecule has 1 aromatic rings. The standard InChI is InChI=1S/C10H15N3O4/c1-5-6(2)13-17-10(5)12-9(16)7(11)3-4-8(14)15/h7H,3-4,11H2,1-2H3,(H,12,16)(H,14,15). The van der Waals surface area contributed by atoms with Crippen molar-refractivity contribution >= 4 is 17.8 Å². The van der Waals surface area contributed by atoms with Crippen molar-refractivity contribution in [3.05, 3.63) is 11.3 Å². The van der Waals surface area contributed by atoms with Crippen LogP contribution in [0.25, 0.3) is 0 Å². The molecule has 7 heteroatoms. The number of aromatic nitrogens is 1. The molecule has 4 N–H and O–H groups in total. The SMILES string of the molecule is Cc1noc(NC(=O)C(N)CCC(=O)O)c1C. The van der Waals surface area contributed by atoms with E-state index in [0.29, 0.717) is 5.69 Å². The summed E-state index contributed by atoms with van der Waals surface area (Å²) < 4.78 is 4.89. The zero-order valence-electron chi connectivity index (χ0n) is 9.69. The first kappa shape index (κ1) is 13.2. The van der Waals surface area contributed by atoms with Crippen LogP contribution in [0, 0.1) is 13.8 Å². The summed E-state index contributed by atoms with van der Waals surface area (Å²) in [5, 5.41) is 14.6. The number of nitrogens with two attached hydrogens (primary N) is 1. The van der Waals surface area contributed by atoms with Crippen molar-refractivity contribution in [2.75, 3.05) is 5.32 Å². The Bertz CT molecular complexity index is 427. The third-order valence-electron chi connectivity index (χ3n) is 2.40. The Morgan fingerprint density at radius 2 is 2.18 bits per heavy atom. The number of carboxylic acids is 1. The molecule has 0 saturated carbocycles. The number of rotatable bonds is 5. The van der Waals surface area contributed by atoms with E-state index in [-0.39, 0.29) is 18.7 Å². The van der Waals surface area contributed by atoms with Crippen molar-refractivity contribution in [3.63, 3.8) is 0 Å². The van der Waals surface area contributed by atoms with E-state index in [1.54, 1.807) is 13.8 Å². The van der Waals surface area contributed by atoms with E-state index in [4.69, 9.17) is 15.4 Å². The topological polar surface area (TPSA) is 118 Å². The molecule has 7 nitrogen and oxygen atoms in total. The van der Waals surface area contributed by atoms with E-state index in [0.717, 1.165) is 5.56 Å². The van der Waals surface area contributed by atoms with Gasteiger partial charge in [-0.3, -0.25) is 14.9 Å². The van der Waals surface area contributed by atoms with E-state index in [9.17, 15) is 9.59 Å². The first-order valence-corrected chi connectivity index (χ1v) is 5.13. The van der Waals surface area contributed by atoms with Crippen molar-refractivity contribution < 1.29 is 19.2 Å². The molecule has 0 aliphatic carbocycles. The van der Waals surface area contributed by atoms with Crippen LogP contribution in [0.3, 0.4) is 0 Å². The van der Waals surface area contributed by atoms with Gasteiger partial charge in [0.2, 0.25) is 11.8 Å². The number of nitrogens with zero attached hydrogens (tertiary/aromatic N) is 1. The molecule has 0 spiro atoms. The van der Waals surface area contributed by atoms with E-state index in [2.05, 4.69) is 10.5 Å². The zero-order chi connectivity index (χ0) is 13.0. The van der Waals surface area contributed by atoms with Crippen LogP contribution in [0.4, 0.5) is 5.88 Å². The van der Waals surface area contributed by atoms with Gasteiger partial charge in [-0.15, -0.1) is 0 Å². The lowest BCUT2D eigenvalue weighted by Gasteiger charge is -2.09. The molecular weight excluding hydrogens is 226 g/mol. The van der Waals surface area contributed by atoms with Crippen LogP contribution in [0.15, 0.2) is 4.52 Å². The average molecular weight is 241 g/mol. The Kier molecular flexibility index (Phi) is 4.22. The molecule has 1 heterocycles. The monoisotopic (exact) mass is 241 g/mol. The van der Waals surface area contributed by atoms with Crippen molar-refractivity contribution in [1.29, 1.82) is 0 Å². The van der Waals surface area contributed by atoms with Gasteiger partial charge in [0.1, 0.15) is 0 Å². The minimum Gasteiger partial charge on any atom is -0.481 e. The summed E-state index contributed by atoms with van der Waals surface area (Å²) in [6.07, 6.45) is -0.0731. The summed E-state index contributed by atoms with van der Waals surface area (Å²) in [6.45, 7) is 3.50. The number of carboxylic acid groups (broad SMARTS) is 1. The Balaban J connectivity index is 2.54. The van der Waals surface area contributed by atoms with Gasteiger partial charge in [-0.1, -0.05) is 5.16 Å². The van der Waals surface area contributed by atoms with Gasteiger partial charge in [0.25, 0.3) is 0 Å². The van der Waals surface area contributed by atoms with Gasteiger partial charge >= 0.3 is 5.97 Å². The summed E-state index contributed by atoms with van der Waals surface area (Å²) in [5.41, 5.74) is 6.94. The van der Waals surface area contributed by atoms with Gasteiger partial charge < -0.3 is 15.4 Å². The highest BCUT2D eigenvalue weighted by Crippen LogP contribution is 2.17. The number of nitrogens with one attached hydrogen (secondary N) is 1. The molecule has 1 aromatic heterocycles. The molecule has 94 valence electrons. The minimum absolute atomic E-state index is 0.0767. The lowest BCUT2D eigenvalue weighted by atomic mass is 10.1. The lowest BCUT2D eigenvalue weighted by Crippen LogP contribution is -2.36. The summed E-state index contributed by atoms with van der Waals surface area (Å²) in [7, 11) is 0. The summed E-state index contributed by atoms with van der Waals surface area (Å²) in [6, 6.07) is -0.879. The largest absolute Gasteiger partial charge is 0.481 e. The minimum atomic E-state index is -0.986. The quantitative estimate of drug-likeness (QED) is 0.687. The maximum Gasteiger partial charge on any atom is 0.303 e. The predicted octanol–water partition coefficient (Wildman–Crippen LogP) is 0.422. The Morgan fingerprint density at radius 1 is 1.53 bits per heavy atom. The summed E-state index contributed by atoms with van der Waals surface area (Å²) in [5.74, 6) is -1.22. The van der Waals surface area contributed by atoms with E-state index in [1.807, 2.05) is 0 Å². The van der Waals surface area contributed by atoms with Gasteiger partial charge in [-0.05, 0) is 20.3 Å². The molecule has 0 aromatic carbocycles. The molecule has 17 heavy (non-hydrogen) atoms. The normalized spacial score (nSPS) is 12.2. The fourth-order valence-electron chi connectivity index (χ4n) is 1.15. The van der Waals surface area contributed by atoms with Crippen LogP contribution >= 0.6 is 0 Å². The molecule has 1 atom stereocenters. The van der Waals surface area contributed by atoms with Crippen molar-refractivity contribution in [2.45, 2.75) is 32.7 Å². The van der Waals surface area contributed by atoms with Gasteiger partial charge in [0, 0.05) is 12.0 Å². The molecule has 0 saturated heterocycles. The van der Waals surface area contributed by atoms with Crippen LogP contribution in [-0.2, 0) is 9.59 Å². The highest BCUT2D eigenvalue weighted by molar-refractivity contribution is 5.94. The van der Waals surface area contributed by atoms with Gasteiger partial charge in [-0.25, -0.2) is 0 Å². The zero-order valence-corrected chi connectivity index (χ0v) is 9.69. The first-order chi connectivity index (χ1) is 7.91. The van der Waals surface area contributed by atoms with Crippen LogP contribution in [-0.4, -0.2) is 28.2 Å². The maximum atomic E-state index is 11.6. The summed E-state index contributed by atoms with van der Waals surface area (Å²) >= 11 is 0. The Morgan fingerprint density at radius 3 is 2.65 bits per heavy atom. The molecule has 0 aliphatic rings. The number of hydrogen-bond acceptors (Lipinski definition) is 5. The highest BCUT2D eigenvalue weighted by atomic mass is 16.5. The number of hydrogen-bond donors (Lipinski definition) is 3. The van der Waals surface area contributed by atoms with Crippen molar-refractivity contribution in [2.24, 2.45) is 5.73 Å². The smallest absolute Gasteiger partial charge is 0.303 e. The Hall–Kier alpha value is -1.89. The van der Waals surface area contributed by atoms with Gasteiger partial charge in [0.15, 0.2) is 0 Å². The lowest BCUT2D eigenvalue weighted by molar-refractivity contribution is -0.137. The van der Waals surface area contributed by atoms with E-state index in [1.165, 1.54) is 0 Å². The molecule has 0 radical (unpaired) electrons. The van der Waals surface area contributed by atoms with Gasteiger partial charge in [0.05, 0.1) is 11.7 Å². The molecular formula is C10H15N3O4. The number of aryl methyl sites for hydroxylation is 1. The average Bonchev–Trinajstić information content (AvgIpc) is 2.57. The van der Waals surface area contributed by atoms with E-state index < -0.39 is 17.9 Å².